The van der Waals surface area contributed by atoms with Crippen LogP contribution in [0.25, 0.3) is 16.9 Å². The normalized spacial score (nSPS) is 22.8. The SMILES string of the molecule is CC(C)c1c(-c2ccccc2)nc2ccc(N3C[C@@H]4C[C@H]3CN4C)nn12. The first kappa shape index (κ1) is 15.8. The zero-order valence-electron chi connectivity index (χ0n) is 15.6. The highest BCUT2D eigenvalue weighted by Gasteiger charge is 2.42. The maximum absolute atomic E-state index is 5.03. The Morgan fingerprint density at radius 3 is 2.46 bits per heavy atom. The van der Waals surface area contributed by atoms with Crippen LogP contribution in [0.1, 0.15) is 31.9 Å². The van der Waals surface area contributed by atoms with E-state index in [4.69, 9.17) is 10.1 Å². The number of anilines is 1. The molecule has 0 spiro atoms. The zero-order chi connectivity index (χ0) is 17.8. The van der Waals surface area contributed by atoms with E-state index in [9.17, 15) is 0 Å². The Hall–Kier alpha value is -2.40. The molecule has 0 amide bonds. The van der Waals surface area contributed by atoms with Gasteiger partial charge in [-0.05, 0) is 31.5 Å². The van der Waals surface area contributed by atoms with Crippen molar-refractivity contribution in [3.63, 3.8) is 0 Å². The van der Waals surface area contributed by atoms with Crippen molar-refractivity contribution in [3.8, 4) is 11.3 Å². The average Bonchev–Trinajstić information content (AvgIpc) is 3.32. The molecule has 0 aliphatic carbocycles. The first-order chi connectivity index (χ1) is 12.6. The number of likely N-dealkylation sites (N-methyl/N-ethyl adjacent to an activating group) is 1. The maximum atomic E-state index is 5.03. The Kier molecular flexibility index (Phi) is 3.54. The quantitative estimate of drug-likeness (QED) is 0.727. The molecule has 26 heavy (non-hydrogen) atoms. The van der Waals surface area contributed by atoms with Crippen LogP contribution in [0, 0.1) is 0 Å². The van der Waals surface area contributed by atoms with Gasteiger partial charge < -0.3 is 4.90 Å². The van der Waals surface area contributed by atoms with Crippen molar-refractivity contribution in [2.24, 2.45) is 0 Å². The highest BCUT2D eigenvalue weighted by molar-refractivity contribution is 5.67. The lowest BCUT2D eigenvalue weighted by molar-refractivity contribution is 0.292. The van der Waals surface area contributed by atoms with Gasteiger partial charge in [0.25, 0.3) is 0 Å². The van der Waals surface area contributed by atoms with Gasteiger partial charge in [0.15, 0.2) is 5.65 Å². The number of piperazine rings is 1. The number of nitrogens with zero attached hydrogens (tertiary/aromatic N) is 5. The molecule has 5 nitrogen and oxygen atoms in total. The number of benzene rings is 1. The lowest BCUT2D eigenvalue weighted by Crippen LogP contribution is -2.45. The number of rotatable bonds is 3. The Morgan fingerprint density at radius 2 is 1.81 bits per heavy atom. The molecule has 3 aromatic rings. The van der Waals surface area contributed by atoms with Crippen molar-refractivity contribution in [3.05, 3.63) is 48.2 Å². The summed E-state index contributed by atoms with van der Waals surface area (Å²) >= 11 is 0. The lowest BCUT2D eigenvalue weighted by Gasteiger charge is -2.32. The van der Waals surface area contributed by atoms with Crippen molar-refractivity contribution >= 4 is 11.5 Å². The van der Waals surface area contributed by atoms with Crippen LogP contribution >= 0.6 is 0 Å². The molecule has 2 aliphatic heterocycles. The van der Waals surface area contributed by atoms with Crippen LogP contribution in [0.2, 0.25) is 0 Å². The predicted molar refractivity (Wildman–Crippen MR) is 105 cm³/mol. The minimum atomic E-state index is 0.351. The zero-order valence-corrected chi connectivity index (χ0v) is 15.6. The van der Waals surface area contributed by atoms with Crippen molar-refractivity contribution < 1.29 is 0 Å². The molecule has 2 saturated heterocycles. The van der Waals surface area contributed by atoms with Crippen LogP contribution in [-0.4, -0.2) is 51.7 Å². The summed E-state index contributed by atoms with van der Waals surface area (Å²) in [4.78, 5) is 9.86. The third kappa shape index (κ3) is 2.34. The topological polar surface area (TPSA) is 36.7 Å². The summed E-state index contributed by atoms with van der Waals surface area (Å²) in [5, 5.41) is 5.03. The molecule has 2 atom stereocenters. The molecule has 2 aliphatic rings. The summed E-state index contributed by atoms with van der Waals surface area (Å²) in [6.07, 6.45) is 1.26. The van der Waals surface area contributed by atoms with Gasteiger partial charge in [0.05, 0.1) is 11.4 Å². The van der Waals surface area contributed by atoms with E-state index in [2.05, 4.69) is 71.6 Å². The fraction of sp³-hybridized carbons (Fsp3) is 0.429. The molecular weight excluding hydrogens is 322 g/mol. The summed E-state index contributed by atoms with van der Waals surface area (Å²) in [5.74, 6) is 1.43. The number of likely N-dealkylation sites (tertiary alicyclic amines) is 1. The van der Waals surface area contributed by atoms with Crippen LogP contribution in [0.4, 0.5) is 5.82 Å². The van der Waals surface area contributed by atoms with E-state index in [1.807, 2.05) is 6.07 Å². The van der Waals surface area contributed by atoms with Crippen LogP contribution < -0.4 is 4.90 Å². The van der Waals surface area contributed by atoms with Gasteiger partial charge in [0.1, 0.15) is 5.82 Å². The van der Waals surface area contributed by atoms with Crippen LogP contribution in [0.5, 0.6) is 0 Å². The Morgan fingerprint density at radius 1 is 1.00 bits per heavy atom. The molecule has 1 aromatic carbocycles. The van der Waals surface area contributed by atoms with Crippen molar-refractivity contribution in [1.82, 2.24) is 19.5 Å². The summed E-state index contributed by atoms with van der Waals surface area (Å²) in [5.41, 5.74) is 4.32. The highest BCUT2D eigenvalue weighted by atomic mass is 15.4. The summed E-state index contributed by atoms with van der Waals surface area (Å²) in [6, 6.07) is 16.0. The Bertz CT molecular complexity index is 944. The molecule has 2 bridgehead atoms. The van der Waals surface area contributed by atoms with E-state index in [1.165, 1.54) is 12.1 Å². The van der Waals surface area contributed by atoms with Gasteiger partial charge in [-0.15, -0.1) is 5.10 Å². The second kappa shape index (κ2) is 5.81. The molecule has 0 radical (unpaired) electrons. The van der Waals surface area contributed by atoms with Crippen LogP contribution in [0.3, 0.4) is 0 Å². The Balaban J connectivity index is 1.61. The largest absolute Gasteiger partial charge is 0.349 e. The molecule has 5 rings (SSSR count). The predicted octanol–water partition coefficient (Wildman–Crippen LogP) is 3.41. The number of hydrogen-bond acceptors (Lipinski definition) is 4. The van der Waals surface area contributed by atoms with Crippen LogP contribution in [-0.2, 0) is 0 Å². The van der Waals surface area contributed by atoms with Gasteiger partial charge in [-0.2, -0.15) is 0 Å². The second-order valence-corrected chi connectivity index (χ2v) is 7.96. The molecule has 134 valence electrons. The molecule has 5 heteroatoms. The first-order valence-corrected chi connectivity index (χ1v) is 9.54. The van der Waals surface area contributed by atoms with Gasteiger partial charge in [-0.1, -0.05) is 44.2 Å². The van der Waals surface area contributed by atoms with Gasteiger partial charge in [-0.25, -0.2) is 9.50 Å². The third-order valence-corrected chi connectivity index (χ3v) is 5.90. The minimum Gasteiger partial charge on any atom is -0.349 e. The van der Waals surface area contributed by atoms with Gasteiger partial charge in [-0.3, -0.25) is 4.90 Å². The lowest BCUT2D eigenvalue weighted by atomic mass is 10.0. The first-order valence-electron chi connectivity index (χ1n) is 9.54. The highest BCUT2D eigenvalue weighted by Crippen LogP contribution is 2.34. The van der Waals surface area contributed by atoms with E-state index >= 15 is 0 Å². The monoisotopic (exact) mass is 347 g/mol. The smallest absolute Gasteiger partial charge is 0.154 e. The van der Waals surface area contributed by atoms with Gasteiger partial charge in [0, 0.05) is 30.7 Å². The van der Waals surface area contributed by atoms with E-state index < -0.39 is 0 Å². The molecule has 2 fully saturated rings. The van der Waals surface area contributed by atoms with Gasteiger partial charge in [0.2, 0.25) is 0 Å². The van der Waals surface area contributed by atoms with E-state index in [1.54, 1.807) is 0 Å². The third-order valence-electron chi connectivity index (χ3n) is 5.90. The van der Waals surface area contributed by atoms with Crippen molar-refractivity contribution in [2.45, 2.75) is 38.3 Å². The minimum absolute atomic E-state index is 0.351. The second-order valence-electron chi connectivity index (χ2n) is 7.96. The van der Waals surface area contributed by atoms with E-state index in [0.717, 1.165) is 35.8 Å². The van der Waals surface area contributed by atoms with Crippen molar-refractivity contribution in [2.75, 3.05) is 25.0 Å². The average molecular weight is 347 g/mol. The fourth-order valence-corrected chi connectivity index (χ4v) is 4.57. The standard InChI is InChI=1S/C21H25N5/c1-14(2)21-20(15-7-5-4-6-8-15)22-18-9-10-19(23-26(18)21)25-13-16-11-17(25)12-24(16)3/h4-10,14,16-17H,11-13H2,1-3H3/t16-,17-/m0/s1. The molecule has 0 saturated carbocycles. The van der Waals surface area contributed by atoms with Gasteiger partial charge >= 0.3 is 0 Å². The van der Waals surface area contributed by atoms with Crippen LogP contribution in [0.15, 0.2) is 42.5 Å². The number of imidazole rings is 1. The summed E-state index contributed by atoms with van der Waals surface area (Å²) in [7, 11) is 2.23. The summed E-state index contributed by atoms with van der Waals surface area (Å²) in [6.45, 7) is 6.66. The number of aromatic nitrogens is 3. The molecular formula is C21H25N5. The summed E-state index contributed by atoms with van der Waals surface area (Å²) < 4.78 is 2.07. The maximum Gasteiger partial charge on any atom is 0.154 e. The molecule has 4 heterocycles. The van der Waals surface area contributed by atoms with E-state index in [-0.39, 0.29) is 0 Å². The van der Waals surface area contributed by atoms with Crippen molar-refractivity contribution in [1.29, 1.82) is 0 Å². The van der Waals surface area contributed by atoms with E-state index in [0.29, 0.717) is 18.0 Å². The molecule has 2 aromatic heterocycles. The number of hydrogen-bond donors (Lipinski definition) is 0. The number of fused-ring (bicyclic) bond motifs is 3. The molecule has 0 N–H and O–H groups in total. The fourth-order valence-electron chi connectivity index (χ4n) is 4.57. The molecule has 0 unspecified atom stereocenters. The Labute approximate surface area is 154 Å².